The zero-order valence-electron chi connectivity index (χ0n) is 12.9. The summed E-state index contributed by atoms with van der Waals surface area (Å²) >= 11 is 0. The summed E-state index contributed by atoms with van der Waals surface area (Å²) in [6.07, 6.45) is 30.4. The molecular weight excluding hydrogens is 251 g/mol. The normalized spacial score (nSPS) is 19.9. The SMILES string of the molecule is C/C=C\C=C/C1=CC=C(/C=C\C=C/C)C1BC1C=CC=C1. The van der Waals surface area contributed by atoms with Crippen molar-refractivity contribution in [3.05, 3.63) is 96.2 Å². The third kappa shape index (κ3) is 4.49. The van der Waals surface area contributed by atoms with E-state index in [0.717, 1.165) is 7.28 Å². The van der Waals surface area contributed by atoms with Crippen LogP contribution >= 0.6 is 0 Å². The lowest BCUT2D eigenvalue weighted by molar-refractivity contribution is 1.18. The van der Waals surface area contributed by atoms with Crippen LogP contribution in [0.5, 0.6) is 0 Å². The molecule has 2 aliphatic carbocycles. The first kappa shape index (κ1) is 15.4. The van der Waals surface area contributed by atoms with Gasteiger partial charge in [-0.25, -0.2) is 0 Å². The summed E-state index contributed by atoms with van der Waals surface area (Å²) in [5, 5.41) is 0. The Labute approximate surface area is 129 Å². The first-order valence-corrected chi connectivity index (χ1v) is 7.70. The van der Waals surface area contributed by atoms with E-state index in [1.807, 2.05) is 13.8 Å². The van der Waals surface area contributed by atoms with Crippen molar-refractivity contribution in [2.24, 2.45) is 0 Å². The molecule has 1 heteroatoms. The predicted octanol–water partition coefficient (Wildman–Crippen LogP) is 5.26. The molecule has 0 saturated carbocycles. The molecule has 2 rings (SSSR count). The van der Waals surface area contributed by atoms with Crippen LogP contribution in [0.15, 0.2) is 96.2 Å². The van der Waals surface area contributed by atoms with Crippen molar-refractivity contribution in [2.45, 2.75) is 25.5 Å². The average molecular weight is 274 g/mol. The number of hydrogen-bond acceptors (Lipinski definition) is 0. The largest absolute Gasteiger partial charge is 0.148 e. The molecule has 0 spiro atoms. The van der Waals surface area contributed by atoms with Crippen LogP contribution in [0.25, 0.3) is 0 Å². The zero-order chi connectivity index (χ0) is 14.9. The van der Waals surface area contributed by atoms with Gasteiger partial charge in [0.25, 0.3) is 0 Å². The zero-order valence-corrected chi connectivity index (χ0v) is 12.9. The smallest absolute Gasteiger partial charge is 0.0877 e. The topological polar surface area (TPSA) is 0 Å². The second-order valence-corrected chi connectivity index (χ2v) is 5.33. The van der Waals surface area contributed by atoms with Crippen LogP contribution in [-0.4, -0.2) is 7.28 Å². The maximum atomic E-state index is 2.29. The molecule has 21 heavy (non-hydrogen) atoms. The molecule has 0 bridgehead atoms. The molecular formula is C20H23B. The molecule has 2 aliphatic rings. The second-order valence-electron chi connectivity index (χ2n) is 5.33. The van der Waals surface area contributed by atoms with Crippen LogP contribution < -0.4 is 0 Å². The van der Waals surface area contributed by atoms with Crippen molar-refractivity contribution in [1.82, 2.24) is 0 Å². The van der Waals surface area contributed by atoms with Gasteiger partial charge in [0.1, 0.15) is 7.28 Å². The Kier molecular flexibility index (Phi) is 6.09. The van der Waals surface area contributed by atoms with E-state index >= 15 is 0 Å². The first-order chi connectivity index (χ1) is 10.3. The van der Waals surface area contributed by atoms with E-state index in [-0.39, 0.29) is 0 Å². The maximum absolute atomic E-state index is 2.29. The van der Waals surface area contributed by atoms with Crippen molar-refractivity contribution in [1.29, 1.82) is 0 Å². The van der Waals surface area contributed by atoms with Crippen molar-refractivity contribution >= 4 is 7.28 Å². The average Bonchev–Trinajstić information content (AvgIpc) is 3.12. The molecule has 0 fully saturated rings. The highest BCUT2D eigenvalue weighted by Crippen LogP contribution is 2.37. The minimum absolute atomic E-state index is 0.491. The van der Waals surface area contributed by atoms with E-state index in [1.165, 1.54) is 11.1 Å². The van der Waals surface area contributed by atoms with Crippen molar-refractivity contribution < 1.29 is 0 Å². The molecule has 0 unspecified atom stereocenters. The molecule has 0 nitrogen and oxygen atoms in total. The fourth-order valence-corrected chi connectivity index (χ4v) is 2.70. The molecule has 0 aliphatic heterocycles. The number of allylic oxidation sites excluding steroid dienone is 16. The van der Waals surface area contributed by atoms with Gasteiger partial charge in [0.2, 0.25) is 0 Å². The standard InChI is InChI=1S/C20H23B/c1-3-5-7-11-17-15-16-18(12-8-6-4-2)20(17)21-19-13-9-10-14-19/h3-16,19-21H,1-2H3/b5-3-,6-4-,11-7-,12-8-. The number of hydrogen-bond donors (Lipinski definition) is 0. The summed E-state index contributed by atoms with van der Waals surface area (Å²) in [5.41, 5.74) is 2.81. The van der Waals surface area contributed by atoms with Gasteiger partial charge in [-0.3, -0.25) is 0 Å². The van der Waals surface area contributed by atoms with Gasteiger partial charge in [-0.2, -0.15) is 0 Å². The Morgan fingerprint density at radius 2 is 1.33 bits per heavy atom. The van der Waals surface area contributed by atoms with Crippen LogP contribution in [0.1, 0.15) is 13.8 Å². The van der Waals surface area contributed by atoms with Crippen molar-refractivity contribution in [3.8, 4) is 0 Å². The first-order valence-electron chi connectivity index (χ1n) is 7.70. The second kappa shape index (κ2) is 8.31. The van der Waals surface area contributed by atoms with E-state index in [4.69, 9.17) is 0 Å². The molecule has 0 radical (unpaired) electrons. The minimum Gasteiger partial charge on any atom is -0.0877 e. The summed E-state index contributed by atoms with van der Waals surface area (Å²) in [4.78, 5) is 0. The highest BCUT2D eigenvalue weighted by Gasteiger charge is 2.23. The lowest BCUT2D eigenvalue weighted by Crippen LogP contribution is -2.09. The van der Waals surface area contributed by atoms with Crippen LogP contribution in [-0.2, 0) is 0 Å². The van der Waals surface area contributed by atoms with E-state index in [9.17, 15) is 0 Å². The Hall–Kier alpha value is -2.02. The van der Waals surface area contributed by atoms with E-state index in [0.29, 0.717) is 11.6 Å². The van der Waals surface area contributed by atoms with Gasteiger partial charge < -0.3 is 0 Å². The highest BCUT2D eigenvalue weighted by molar-refractivity contribution is 6.44. The van der Waals surface area contributed by atoms with E-state index in [2.05, 4.69) is 85.1 Å². The predicted molar refractivity (Wildman–Crippen MR) is 97.0 cm³/mol. The third-order valence-electron chi connectivity index (χ3n) is 3.79. The van der Waals surface area contributed by atoms with Crippen LogP contribution in [0.4, 0.5) is 0 Å². The van der Waals surface area contributed by atoms with Gasteiger partial charge in [0.15, 0.2) is 0 Å². The van der Waals surface area contributed by atoms with Gasteiger partial charge in [-0.05, 0) is 36.6 Å². The quantitative estimate of drug-likeness (QED) is 0.458. The molecule has 0 amide bonds. The molecule has 0 aromatic heterocycles. The summed E-state index contributed by atoms with van der Waals surface area (Å²) in [6, 6.07) is 0. The van der Waals surface area contributed by atoms with Gasteiger partial charge in [-0.1, -0.05) is 85.1 Å². The number of rotatable bonds is 6. The van der Waals surface area contributed by atoms with Crippen molar-refractivity contribution in [3.63, 3.8) is 0 Å². The van der Waals surface area contributed by atoms with Crippen LogP contribution in [0, 0.1) is 0 Å². The molecule has 0 saturated heterocycles. The molecule has 0 heterocycles. The molecule has 0 aromatic rings. The monoisotopic (exact) mass is 274 g/mol. The Balaban J connectivity index is 2.11. The van der Waals surface area contributed by atoms with Crippen molar-refractivity contribution in [2.75, 3.05) is 0 Å². The third-order valence-corrected chi connectivity index (χ3v) is 3.79. The Morgan fingerprint density at radius 3 is 1.81 bits per heavy atom. The Bertz CT molecular complexity index is 527. The van der Waals surface area contributed by atoms with Gasteiger partial charge in [0.05, 0.1) is 0 Å². The fraction of sp³-hybridized carbons (Fsp3) is 0.200. The lowest BCUT2D eigenvalue weighted by Gasteiger charge is -2.16. The van der Waals surface area contributed by atoms with Crippen LogP contribution in [0.3, 0.4) is 0 Å². The van der Waals surface area contributed by atoms with Gasteiger partial charge in [0, 0.05) is 0 Å². The highest BCUT2D eigenvalue weighted by atomic mass is 14.2. The molecule has 0 atom stereocenters. The Morgan fingerprint density at radius 1 is 0.810 bits per heavy atom. The molecule has 0 aromatic carbocycles. The molecule has 0 N–H and O–H groups in total. The minimum atomic E-state index is 0.491. The fourth-order valence-electron chi connectivity index (χ4n) is 2.70. The maximum Gasteiger partial charge on any atom is 0.148 e. The summed E-state index contributed by atoms with van der Waals surface area (Å²) in [5.74, 6) is 1.05. The summed E-state index contributed by atoms with van der Waals surface area (Å²) in [6.45, 7) is 4.09. The molecule has 106 valence electrons. The van der Waals surface area contributed by atoms with Gasteiger partial charge >= 0.3 is 0 Å². The van der Waals surface area contributed by atoms with Crippen LogP contribution in [0.2, 0.25) is 11.6 Å². The summed E-state index contributed by atoms with van der Waals surface area (Å²) < 4.78 is 0. The lowest BCUT2D eigenvalue weighted by atomic mass is 9.52. The van der Waals surface area contributed by atoms with E-state index in [1.54, 1.807) is 0 Å². The van der Waals surface area contributed by atoms with E-state index < -0.39 is 0 Å². The van der Waals surface area contributed by atoms with Gasteiger partial charge in [-0.15, -0.1) is 0 Å². The summed E-state index contributed by atoms with van der Waals surface area (Å²) in [7, 11) is 1.14.